The Bertz CT molecular complexity index is 394. The number of hydrogen-bond donors (Lipinski definition) is 0. The molecule has 0 unspecified atom stereocenters. The maximum atomic E-state index is 5.45. The van der Waals surface area contributed by atoms with Crippen LogP contribution in [0.15, 0.2) is 18.3 Å². The van der Waals surface area contributed by atoms with E-state index in [-0.39, 0.29) is 6.29 Å². The highest BCUT2D eigenvalue weighted by atomic mass is 32.1. The van der Waals surface area contributed by atoms with E-state index in [0.29, 0.717) is 19.3 Å². The Kier molecular flexibility index (Phi) is 3.19. The zero-order chi connectivity index (χ0) is 10.8. The smallest absolute Gasteiger partial charge is 0.186 e. The number of rotatable bonds is 2. The minimum Gasteiger partial charge on any atom is -0.346 e. The third-order valence-corrected chi connectivity index (χ3v) is 2.88. The Morgan fingerprint density at radius 1 is 1.40 bits per heavy atom. The van der Waals surface area contributed by atoms with Crippen LogP contribution in [-0.2, 0) is 9.47 Å². The van der Waals surface area contributed by atoms with E-state index in [4.69, 9.17) is 21.7 Å². The van der Waals surface area contributed by atoms with Crippen molar-refractivity contribution in [3.8, 4) is 0 Å². The van der Waals surface area contributed by atoms with Gasteiger partial charge in [-0.1, -0.05) is 12.2 Å². The van der Waals surface area contributed by atoms with Crippen molar-refractivity contribution in [2.45, 2.75) is 26.2 Å². The van der Waals surface area contributed by atoms with Crippen molar-refractivity contribution < 1.29 is 9.47 Å². The Morgan fingerprint density at radius 2 is 2.07 bits per heavy atom. The summed E-state index contributed by atoms with van der Waals surface area (Å²) in [7, 11) is 0. The maximum absolute atomic E-state index is 5.45. The Hall–Kier alpha value is -0.710. The second-order valence-electron chi connectivity index (χ2n) is 3.84. The molecule has 0 saturated carbocycles. The molecule has 82 valence electrons. The largest absolute Gasteiger partial charge is 0.346 e. The predicted molar refractivity (Wildman–Crippen MR) is 60.3 cm³/mol. The molecule has 0 aromatic carbocycles. The van der Waals surface area contributed by atoms with Crippen LogP contribution >= 0.6 is 12.2 Å². The molecule has 4 heteroatoms. The van der Waals surface area contributed by atoms with Crippen LogP contribution in [0.25, 0.3) is 0 Å². The van der Waals surface area contributed by atoms with E-state index in [9.17, 15) is 0 Å². The first kappa shape index (κ1) is 10.8. The molecule has 1 aliphatic rings. The highest BCUT2D eigenvalue weighted by Crippen LogP contribution is 2.24. The third kappa shape index (κ3) is 2.12. The second kappa shape index (κ2) is 4.43. The van der Waals surface area contributed by atoms with Gasteiger partial charge in [-0.15, -0.1) is 0 Å². The number of hydrogen-bond acceptors (Lipinski definition) is 3. The number of pyridine rings is 1. The molecule has 1 saturated heterocycles. The predicted octanol–water partition coefficient (Wildman–Crippen LogP) is 2.84. The molecule has 2 rings (SSSR count). The summed E-state index contributed by atoms with van der Waals surface area (Å²) in [4.78, 5) is 0. The summed E-state index contributed by atoms with van der Waals surface area (Å²) in [6.07, 6.45) is 1.72. The van der Waals surface area contributed by atoms with Crippen LogP contribution in [0.2, 0.25) is 0 Å². The minimum absolute atomic E-state index is 0.274. The lowest BCUT2D eigenvalue weighted by molar-refractivity contribution is -0.0449. The topological polar surface area (TPSA) is 23.4 Å². The monoisotopic (exact) mass is 225 g/mol. The Balaban J connectivity index is 2.39. The number of ether oxygens (including phenoxy) is 2. The van der Waals surface area contributed by atoms with E-state index in [0.717, 1.165) is 10.2 Å². The number of aromatic nitrogens is 1. The molecule has 0 N–H and O–H groups in total. The first-order chi connectivity index (χ1) is 7.20. The first-order valence-electron chi connectivity index (χ1n) is 5.14. The lowest BCUT2D eigenvalue weighted by Crippen LogP contribution is -2.08. The normalized spacial score (nSPS) is 17.5. The van der Waals surface area contributed by atoms with Gasteiger partial charge < -0.3 is 14.0 Å². The van der Waals surface area contributed by atoms with E-state index in [1.807, 2.05) is 18.3 Å². The van der Waals surface area contributed by atoms with Crippen molar-refractivity contribution in [2.75, 3.05) is 13.2 Å². The SMILES string of the molecule is CC(C)n1cccc(C2OCCO2)c1=S. The summed E-state index contributed by atoms with van der Waals surface area (Å²) < 4.78 is 13.8. The van der Waals surface area contributed by atoms with Gasteiger partial charge in [-0.3, -0.25) is 0 Å². The van der Waals surface area contributed by atoms with Crippen molar-refractivity contribution in [1.82, 2.24) is 4.57 Å². The molecule has 1 aromatic heterocycles. The van der Waals surface area contributed by atoms with Crippen molar-refractivity contribution >= 4 is 12.2 Å². The minimum atomic E-state index is -0.274. The maximum Gasteiger partial charge on any atom is 0.186 e. The van der Waals surface area contributed by atoms with E-state index in [2.05, 4.69) is 18.4 Å². The van der Waals surface area contributed by atoms with Crippen LogP contribution in [0.1, 0.15) is 31.7 Å². The fourth-order valence-corrected chi connectivity index (χ4v) is 2.09. The molecule has 0 atom stereocenters. The van der Waals surface area contributed by atoms with Gasteiger partial charge in [0.1, 0.15) is 4.64 Å². The lowest BCUT2D eigenvalue weighted by Gasteiger charge is -2.16. The van der Waals surface area contributed by atoms with E-state index >= 15 is 0 Å². The van der Waals surface area contributed by atoms with Crippen LogP contribution in [0.3, 0.4) is 0 Å². The summed E-state index contributed by atoms with van der Waals surface area (Å²) in [6.45, 7) is 5.51. The van der Waals surface area contributed by atoms with Crippen LogP contribution in [0, 0.1) is 4.64 Å². The van der Waals surface area contributed by atoms with Gasteiger partial charge in [-0.05, 0) is 26.0 Å². The van der Waals surface area contributed by atoms with Crippen LogP contribution < -0.4 is 0 Å². The average molecular weight is 225 g/mol. The van der Waals surface area contributed by atoms with Gasteiger partial charge in [0.25, 0.3) is 0 Å². The highest BCUT2D eigenvalue weighted by molar-refractivity contribution is 7.71. The summed E-state index contributed by atoms with van der Waals surface area (Å²) in [5, 5.41) is 0. The molecular weight excluding hydrogens is 210 g/mol. The Labute approximate surface area is 94.6 Å². The quantitative estimate of drug-likeness (QED) is 0.723. The summed E-state index contributed by atoms with van der Waals surface area (Å²) in [6, 6.07) is 4.31. The molecule has 0 bridgehead atoms. The van der Waals surface area contributed by atoms with E-state index in [1.165, 1.54) is 0 Å². The summed E-state index contributed by atoms with van der Waals surface area (Å²) in [5.74, 6) is 0. The van der Waals surface area contributed by atoms with Crippen molar-refractivity contribution in [2.24, 2.45) is 0 Å². The summed E-state index contributed by atoms with van der Waals surface area (Å²) >= 11 is 5.41. The molecule has 1 aliphatic heterocycles. The van der Waals surface area contributed by atoms with Crippen molar-refractivity contribution in [1.29, 1.82) is 0 Å². The molecule has 0 radical (unpaired) electrons. The van der Waals surface area contributed by atoms with E-state index < -0.39 is 0 Å². The van der Waals surface area contributed by atoms with Gasteiger partial charge in [-0.25, -0.2) is 0 Å². The molecule has 3 nitrogen and oxygen atoms in total. The fourth-order valence-electron chi connectivity index (χ4n) is 1.65. The average Bonchev–Trinajstić information content (AvgIpc) is 2.70. The van der Waals surface area contributed by atoms with Gasteiger partial charge in [0.2, 0.25) is 0 Å². The molecule has 0 spiro atoms. The van der Waals surface area contributed by atoms with Crippen LogP contribution in [-0.4, -0.2) is 17.8 Å². The fraction of sp³-hybridized carbons (Fsp3) is 0.545. The molecular formula is C11H15NO2S. The van der Waals surface area contributed by atoms with Gasteiger partial charge in [0, 0.05) is 17.8 Å². The van der Waals surface area contributed by atoms with Gasteiger partial charge in [0.15, 0.2) is 6.29 Å². The molecule has 0 aliphatic carbocycles. The summed E-state index contributed by atoms with van der Waals surface area (Å²) in [5.41, 5.74) is 0.957. The van der Waals surface area contributed by atoms with Crippen LogP contribution in [0.4, 0.5) is 0 Å². The van der Waals surface area contributed by atoms with Crippen LogP contribution in [0.5, 0.6) is 0 Å². The molecule has 1 aromatic rings. The van der Waals surface area contributed by atoms with Gasteiger partial charge >= 0.3 is 0 Å². The third-order valence-electron chi connectivity index (χ3n) is 2.44. The molecule has 0 amide bonds. The molecule has 15 heavy (non-hydrogen) atoms. The zero-order valence-electron chi connectivity index (χ0n) is 8.97. The molecule has 2 heterocycles. The molecule has 1 fully saturated rings. The van der Waals surface area contributed by atoms with Crippen molar-refractivity contribution in [3.05, 3.63) is 28.5 Å². The van der Waals surface area contributed by atoms with E-state index in [1.54, 1.807) is 0 Å². The highest BCUT2D eigenvalue weighted by Gasteiger charge is 2.20. The lowest BCUT2D eigenvalue weighted by atomic mass is 10.2. The second-order valence-corrected chi connectivity index (χ2v) is 4.23. The number of nitrogens with zero attached hydrogens (tertiary/aromatic N) is 1. The standard InChI is InChI=1S/C11H15NO2S/c1-8(2)12-5-3-4-9(10(12)15)11-13-6-7-14-11/h3-5,8,11H,6-7H2,1-2H3. The van der Waals surface area contributed by atoms with Gasteiger partial charge in [0.05, 0.1) is 13.2 Å². The first-order valence-corrected chi connectivity index (χ1v) is 5.55. The van der Waals surface area contributed by atoms with Gasteiger partial charge in [-0.2, -0.15) is 0 Å². The van der Waals surface area contributed by atoms with Crippen molar-refractivity contribution in [3.63, 3.8) is 0 Å². The zero-order valence-corrected chi connectivity index (χ0v) is 9.79. The Morgan fingerprint density at radius 3 is 2.67 bits per heavy atom.